The summed E-state index contributed by atoms with van der Waals surface area (Å²) in [7, 11) is 1.65. The Morgan fingerprint density at radius 2 is 1.75 bits per heavy atom. The fraction of sp³-hybridized carbons (Fsp3) is 0.350. The van der Waals surface area contributed by atoms with Crippen molar-refractivity contribution in [2.24, 2.45) is 5.92 Å². The summed E-state index contributed by atoms with van der Waals surface area (Å²) in [6.45, 7) is 5.96. The Kier molecular flexibility index (Phi) is 6.32. The van der Waals surface area contributed by atoms with E-state index in [1.807, 2.05) is 63.2 Å². The van der Waals surface area contributed by atoms with Crippen LogP contribution in [0.4, 0.5) is 0 Å². The zero-order valence-corrected chi connectivity index (χ0v) is 15.5. The van der Waals surface area contributed by atoms with Gasteiger partial charge in [-0.15, -0.1) is 11.8 Å². The molecule has 0 aromatic heterocycles. The summed E-state index contributed by atoms with van der Waals surface area (Å²) in [5, 5.41) is 3.15. The molecule has 1 atom stereocenters. The van der Waals surface area contributed by atoms with Crippen molar-refractivity contribution in [3.8, 4) is 5.75 Å². The molecule has 3 nitrogen and oxygen atoms in total. The van der Waals surface area contributed by atoms with E-state index in [2.05, 4.69) is 17.4 Å². The smallest absolute Gasteiger partial charge is 0.224 e. The molecule has 4 heteroatoms. The normalized spacial score (nSPS) is 12.5. The van der Waals surface area contributed by atoms with Crippen LogP contribution in [0.25, 0.3) is 0 Å². The Morgan fingerprint density at radius 3 is 2.42 bits per heavy atom. The van der Waals surface area contributed by atoms with E-state index in [1.54, 1.807) is 18.9 Å². The molecule has 24 heavy (non-hydrogen) atoms. The van der Waals surface area contributed by atoms with Crippen molar-refractivity contribution in [1.29, 1.82) is 0 Å². The van der Waals surface area contributed by atoms with Crippen molar-refractivity contribution in [3.05, 3.63) is 60.2 Å². The maximum absolute atomic E-state index is 12.6. The minimum atomic E-state index is -0.491. The molecule has 1 N–H and O–H groups in total. The third kappa shape index (κ3) is 4.78. The van der Waals surface area contributed by atoms with Gasteiger partial charge in [-0.25, -0.2) is 0 Å². The number of hydrogen-bond donors (Lipinski definition) is 1. The van der Waals surface area contributed by atoms with E-state index in [9.17, 15) is 4.79 Å². The molecule has 0 heterocycles. The average Bonchev–Trinajstić information content (AvgIpc) is 2.60. The Bertz CT molecular complexity index is 670. The average molecular weight is 343 g/mol. The van der Waals surface area contributed by atoms with E-state index in [4.69, 9.17) is 4.74 Å². The maximum atomic E-state index is 12.6. The molecule has 0 aliphatic heterocycles. The van der Waals surface area contributed by atoms with E-state index in [-0.39, 0.29) is 11.8 Å². The number of hydrogen-bond acceptors (Lipinski definition) is 3. The van der Waals surface area contributed by atoms with Gasteiger partial charge < -0.3 is 10.1 Å². The van der Waals surface area contributed by atoms with Gasteiger partial charge in [0.15, 0.2) is 0 Å². The van der Waals surface area contributed by atoms with E-state index in [1.165, 1.54) is 4.90 Å². The Morgan fingerprint density at radius 1 is 1.12 bits per heavy atom. The first-order chi connectivity index (χ1) is 11.4. The lowest BCUT2D eigenvalue weighted by Crippen LogP contribution is -2.44. The number of carbonyl (C=O) groups is 1. The Hall–Kier alpha value is -1.94. The molecule has 1 amide bonds. The minimum absolute atomic E-state index is 0.0503. The van der Waals surface area contributed by atoms with Crippen LogP contribution < -0.4 is 10.1 Å². The number of benzene rings is 2. The van der Waals surface area contributed by atoms with Crippen molar-refractivity contribution < 1.29 is 9.53 Å². The molecule has 2 aromatic rings. The van der Waals surface area contributed by atoms with Gasteiger partial charge in [-0.05, 0) is 32.0 Å². The monoisotopic (exact) mass is 343 g/mol. The number of carbonyl (C=O) groups excluding carboxylic acids is 1. The highest BCUT2D eigenvalue weighted by Crippen LogP contribution is 2.30. The van der Waals surface area contributed by atoms with Crippen LogP contribution in [-0.2, 0) is 10.3 Å². The third-order valence-electron chi connectivity index (χ3n) is 3.91. The maximum Gasteiger partial charge on any atom is 0.224 e. The lowest BCUT2D eigenvalue weighted by molar-refractivity contribution is -0.125. The highest BCUT2D eigenvalue weighted by atomic mass is 32.2. The molecular weight excluding hydrogens is 318 g/mol. The highest BCUT2D eigenvalue weighted by Gasteiger charge is 2.28. The zero-order valence-electron chi connectivity index (χ0n) is 14.7. The van der Waals surface area contributed by atoms with Crippen LogP contribution in [0.2, 0.25) is 0 Å². The number of ether oxygens (including phenoxy) is 1. The minimum Gasteiger partial charge on any atom is -0.496 e. The quantitative estimate of drug-likeness (QED) is 0.754. The Labute approximate surface area is 148 Å². The second-order valence-corrected chi connectivity index (χ2v) is 7.43. The van der Waals surface area contributed by atoms with Gasteiger partial charge in [0.05, 0.1) is 12.6 Å². The van der Waals surface area contributed by atoms with Gasteiger partial charge >= 0.3 is 0 Å². The molecule has 128 valence electrons. The summed E-state index contributed by atoms with van der Waals surface area (Å²) in [5.41, 5.74) is 0.485. The summed E-state index contributed by atoms with van der Waals surface area (Å²) in [6.07, 6.45) is 0. The van der Waals surface area contributed by atoms with E-state index >= 15 is 0 Å². The van der Waals surface area contributed by atoms with Crippen LogP contribution in [0.3, 0.4) is 0 Å². The number of rotatable bonds is 7. The Balaban J connectivity index is 1.99. The molecule has 0 fully saturated rings. The fourth-order valence-corrected chi connectivity index (χ4v) is 3.42. The second-order valence-electron chi connectivity index (χ2n) is 6.34. The van der Waals surface area contributed by atoms with Crippen molar-refractivity contribution in [3.63, 3.8) is 0 Å². The van der Waals surface area contributed by atoms with Crippen LogP contribution in [0.1, 0.15) is 26.3 Å². The zero-order chi connectivity index (χ0) is 17.6. The lowest BCUT2D eigenvalue weighted by atomic mass is 9.92. The van der Waals surface area contributed by atoms with Crippen LogP contribution >= 0.6 is 11.8 Å². The molecule has 2 rings (SSSR count). The van der Waals surface area contributed by atoms with Crippen molar-refractivity contribution in [2.75, 3.05) is 12.9 Å². The predicted octanol–water partition coefficient (Wildman–Crippen LogP) is 4.47. The summed E-state index contributed by atoms with van der Waals surface area (Å²) in [5.74, 6) is 1.50. The summed E-state index contributed by atoms with van der Waals surface area (Å²) >= 11 is 1.70. The number of para-hydroxylation sites is 1. The van der Waals surface area contributed by atoms with Crippen LogP contribution in [0.15, 0.2) is 59.5 Å². The van der Waals surface area contributed by atoms with Gasteiger partial charge in [-0.1, -0.05) is 43.3 Å². The SMILES string of the molecule is COc1ccccc1C(C)(C)NC(=O)C(C)CSc1ccccc1. The van der Waals surface area contributed by atoms with Crippen molar-refractivity contribution in [1.82, 2.24) is 5.32 Å². The summed E-state index contributed by atoms with van der Waals surface area (Å²) in [6, 6.07) is 17.9. The molecule has 0 radical (unpaired) electrons. The van der Waals surface area contributed by atoms with Crippen LogP contribution in [-0.4, -0.2) is 18.8 Å². The number of methoxy groups -OCH3 is 1. The first-order valence-corrected chi connectivity index (χ1v) is 9.06. The largest absolute Gasteiger partial charge is 0.496 e. The first kappa shape index (κ1) is 18.4. The van der Waals surface area contributed by atoms with Gasteiger partial charge in [0.2, 0.25) is 5.91 Å². The number of nitrogens with one attached hydrogen (secondary N) is 1. The second kappa shape index (κ2) is 8.25. The highest BCUT2D eigenvalue weighted by molar-refractivity contribution is 7.99. The molecule has 0 aliphatic rings. The van der Waals surface area contributed by atoms with Gasteiger partial charge in [0, 0.05) is 22.1 Å². The topological polar surface area (TPSA) is 38.3 Å². The molecule has 0 spiro atoms. The first-order valence-electron chi connectivity index (χ1n) is 8.07. The summed E-state index contributed by atoms with van der Waals surface area (Å²) < 4.78 is 5.42. The molecule has 1 unspecified atom stereocenters. The van der Waals surface area contributed by atoms with Gasteiger partial charge in [0.1, 0.15) is 5.75 Å². The van der Waals surface area contributed by atoms with E-state index in [0.29, 0.717) is 0 Å². The van der Waals surface area contributed by atoms with Gasteiger partial charge in [0.25, 0.3) is 0 Å². The van der Waals surface area contributed by atoms with Gasteiger partial charge in [-0.2, -0.15) is 0 Å². The van der Waals surface area contributed by atoms with Crippen LogP contribution in [0.5, 0.6) is 5.75 Å². The van der Waals surface area contributed by atoms with E-state index < -0.39 is 5.54 Å². The fourth-order valence-electron chi connectivity index (χ4n) is 2.47. The van der Waals surface area contributed by atoms with Crippen LogP contribution in [0, 0.1) is 5.92 Å². The lowest BCUT2D eigenvalue weighted by Gasteiger charge is -2.29. The molecule has 0 saturated heterocycles. The van der Waals surface area contributed by atoms with Gasteiger partial charge in [-0.3, -0.25) is 4.79 Å². The molecule has 0 saturated carbocycles. The predicted molar refractivity (Wildman–Crippen MR) is 100 cm³/mol. The summed E-state index contributed by atoms with van der Waals surface area (Å²) in [4.78, 5) is 13.8. The number of thioether (sulfide) groups is 1. The number of amides is 1. The standard InChI is InChI=1S/C20H25NO2S/c1-15(14-24-16-10-6-5-7-11-16)19(22)21-20(2,3)17-12-8-9-13-18(17)23-4/h5-13,15H,14H2,1-4H3,(H,21,22). The molecule has 0 bridgehead atoms. The molecular formula is C20H25NO2S. The molecule has 0 aliphatic carbocycles. The van der Waals surface area contributed by atoms with E-state index in [0.717, 1.165) is 17.1 Å². The molecule has 2 aromatic carbocycles. The van der Waals surface area contributed by atoms with Crippen molar-refractivity contribution in [2.45, 2.75) is 31.2 Å². The van der Waals surface area contributed by atoms with Crippen molar-refractivity contribution >= 4 is 17.7 Å². The third-order valence-corrected chi connectivity index (χ3v) is 5.18.